The number of anilines is 2. The summed E-state index contributed by atoms with van der Waals surface area (Å²) in [5, 5.41) is 0. The Balaban J connectivity index is 1.59. The number of carbonyl (C=O) groups excluding carboxylic acids is 2. The maximum absolute atomic E-state index is 14.6. The van der Waals surface area contributed by atoms with E-state index in [0.29, 0.717) is 30.4 Å². The summed E-state index contributed by atoms with van der Waals surface area (Å²) in [6.45, 7) is 1.58. The van der Waals surface area contributed by atoms with E-state index in [1.807, 2.05) is 60.7 Å². The van der Waals surface area contributed by atoms with E-state index in [2.05, 4.69) is 0 Å². The molecule has 228 valence electrons. The largest absolute Gasteiger partial charge is 0.458 e. The third-order valence-electron chi connectivity index (χ3n) is 8.04. The number of halogens is 2. The summed E-state index contributed by atoms with van der Waals surface area (Å²) in [6, 6.07) is 27.0. The summed E-state index contributed by atoms with van der Waals surface area (Å²) in [5.41, 5.74) is 15.0. The van der Waals surface area contributed by atoms with Crippen LogP contribution in [-0.4, -0.2) is 40.0 Å². The Labute approximate surface area is 256 Å². The Morgan fingerprint density at radius 1 is 0.727 bits per heavy atom. The molecule has 1 aliphatic heterocycles. The molecular weight excluding hydrogens is 562 g/mol. The molecule has 0 radical (unpaired) electrons. The number of nitrogen functional groups attached to an aromatic ring is 2. The minimum Gasteiger partial charge on any atom is -0.458 e. The van der Waals surface area contributed by atoms with Crippen LogP contribution in [0.2, 0.25) is 0 Å². The summed E-state index contributed by atoms with van der Waals surface area (Å²) in [5.74, 6) is -1.56. The zero-order valence-electron chi connectivity index (χ0n) is 24.5. The number of nitrogens with two attached hydrogens (primary N) is 2. The van der Waals surface area contributed by atoms with Gasteiger partial charge in [0, 0.05) is 20.0 Å². The van der Waals surface area contributed by atoms with Gasteiger partial charge in [-0.2, -0.15) is 0 Å². The van der Waals surface area contributed by atoms with Gasteiger partial charge in [0.25, 0.3) is 0 Å². The fraction of sp³-hybridized carbons (Fsp3) is 0.257. The minimum absolute atomic E-state index is 0.0232. The molecule has 4 N–H and O–H groups in total. The van der Waals surface area contributed by atoms with Crippen LogP contribution < -0.4 is 11.5 Å². The molecule has 0 aliphatic carbocycles. The van der Waals surface area contributed by atoms with E-state index in [0.717, 1.165) is 11.1 Å². The topological polar surface area (TPSA) is 102 Å². The van der Waals surface area contributed by atoms with Crippen LogP contribution in [0.4, 0.5) is 25.0 Å². The summed E-state index contributed by atoms with van der Waals surface area (Å²) in [6.07, 6.45) is 0.836. The average Bonchev–Trinajstić information content (AvgIpc) is 3.01. The first kappa shape index (κ1) is 30.5. The Kier molecular flexibility index (Phi) is 9.43. The highest BCUT2D eigenvalue weighted by molar-refractivity contribution is 5.77. The van der Waals surface area contributed by atoms with Gasteiger partial charge in [-0.05, 0) is 65.8 Å². The Morgan fingerprint density at radius 2 is 1.23 bits per heavy atom. The van der Waals surface area contributed by atoms with Crippen molar-refractivity contribution in [1.82, 2.24) is 9.80 Å². The van der Waals surface area contributed by atoms with Crippen LogP contribution in [0.3, 0.4) is 0 Å². The second-order valence-electron chi connectivity index (χ2n) is 11.2. The van der Waals surface area contributed by atoms with Crippen molar-refractivity contribution in [2.45, 2.75) is 57.5 Å². The molecular formula is C35H36F2N4O3. The fourth-order valence-electron chi connectivity index (χ4n) is 5.92. The maximum Gasteiger partial charge on any atom is 0.321 e. The van der Waals surface area contributed by atoms with Gasteiger partial charge < -0.3 is 26.0 Å². The number of nitrogens with zero attached hydrogens (tertiary/aromatic N) is 2. The quantitative estimate of drug-likeness (QED) is 0.169. The van der Waals surface area contributed by atoms with Gasteiger partial charge in [-0.3, -0.25) is 4.79 Å². The minimum atomic E-state index is -0.718. The lowest BCUT2D eigenvalue weighted by Gasteiger charge is -2.50. The lowest BCUT2D eigenvalue weighted by Crippen LogP contribution is -2.67. The van der Waals surface area contributed by atoms with Crippen molar-refractivity contribution in [2.75, 3.05) is 11.5 Å². The number of carbonyl (C=O) groups is 2. The van der Waals surface area contributed by atoms with E-state index in [4.69, 9.17) is 16.2 Å². The standard InChI is InChI=1S/C35H36F2N4O3/c1-23(42)44-34-32(17-14-24-8-4-2-5-9-24)40(21-26-12-15-28(36)30(38)18-26)35(43)41(22-27-13-16-29(37)31(39)19-27)33(34)20-25-10-6-3-7-11-25/h2-13,15-16,18-19,32-34H,14,17,20-22,38-39H2,1H3/t32-,33+,34+/m0/s1. The van der Waals surface area contributed by atoms with Gasteiger partial charge in [-0.1, -0.05) is 72.8 Å². The molecule has 2 amide bonds. The molecule has 1 heterocycles. The van der Waals surface area contributed by atoms with E-state index in [1.54, 1.807) is 21.9 Å². The molecule has 0 unspecified atom stereocenters. The van der Waals surface area contributed by atoms with E-state index >= 15 is 0 Å². The average molecular weight is 599 g/mol. The van der Waals surface area contributed by atoms with E-state index in [1.165, 1.54) is 31.2 Å². The van der Waals surface area contributed by atoms with Gasteiger partial charge in [0.15, 0.2) is 0 Å². The summed E-state index contributed by atoms with van der Waals surface area (Å²) in [7, 11) is 0. The van der Waals surface area contributed by atoms with Gasteiger partial charge >= 0.3 is 12.0 Å². The van der Waals surface area contributed by atoms with Crippen LogP contribution in [0, 0.1) is 11.6 Å². The molecule has 0 aromatic heterocycles. The van der Waals surface area contributed by atoms with Crippen molar-refractivity contribution in [1.29, 1.82) is 0 Å². The van der Waals surface area contributed by atoms with Crippen LogP contribution in [-0.2, 0) is 35.5 Å². The number of ether oxygens (including phenoxy) is 1. The zero-order valence-corrected chi connectivity index (χ0v) is 24.5. The monoisotopic (exact) mass is 598 g/mol. The second kappa shape index (κ2) is 13.6. The molecule has 4 aromatic carbocycles. The molecule has 1 fully saturated rings. The molecule has 1 saturated heterocycles. The highest BCUT2D eigenvalue weighted by atomic mass is 19.1. The maximum atomic E-state index is 14.6. The van der Waals surface area contributed by atoms with Gasteiger partial charge in [-0.25, -0.2) is 13.6 Å². The van der Waals surface area contributed by atoms with Crippen molar-refractivity contribution in [3.8, 4) is 0 Å². The van der Waals surface area contributed by atoms with Crippen LogP contribution in [0.5, 0.6) is 0 Å². The van der Waals surface area contributed by atoms with Crippen molar-refractivity contribution in [3.63, 3.8) is 0 Å². The molecule has 44 heavy (non-hydrogen) atoms. The summed E-state index contributed by atoms with van der Waals surface area (Å²) >= 11 is 0. The van der Waals surface area contributed by atoms with Crippen LogP contribution in [0.1, 0.15) is 35.6 Å². The van der Waals surface area contributed by atoms with Crippen molar-refractivity contribution >= 4 is 23.4 Å². The van der Waals surface area contributed by atoms with Gasteiger partial charge in [0.05, 0.1) is 23.5 Å². The first-order valence-electron chi connectivity index (χ1n) is 14.6. The van der Waals surface area contributed by atoms with Crippen LogP contribution in [0.25, 0.3) is 0 Å². The molecule has 7 nitrogen and oxygen atoms in total. The number of amides is 2. The van der Waals surface area contributed by atoms with E-state index in [-0.39, 0.29) is 30.5 Å². The number of aryl methyl sites for hydroxylation is 1. The fourth-order valence-corrected chi connectivity index (χ4v) is 5.92. The smallest absolute Gasteiger partial charge is 0.321 e. The molecule has 0 saturated carbocycles. The number of hydrogen-bond donors (Lipinski definition) is 2. The highest BCUT2D eigenvalue weighted by Crippen LogP contribution is 2.33. The SMILES string of the molecule is CC(=O)O[C@H]1[C@@H](Cc2ccccc2)N(Cc2ccc(F)c(N)c2)C(=O)N(Cc2ccc(F)c(N)c2)[C@H]1CCc1ccccc1. The summed E-state index contributed by atoms with van der Waals surface area (Å²) in [4.78, 5) is 30.6. The number of rotatable bonds is 10. The van der Waals surface area contributed by atoms with Crippen molar-refractivity contribution in [2.24, 2.45) is 0 Å². The first-order valence-corrected chi connectivity index (χ1v) is 14.6. The van der Waals surface area contributed by atoms with Crippen LogP contribution >= 0.6 is 0 Å². The molecule has 5 rings (SSSR count). The molecule has 4 aromatic rings. The molecule has 0 spiro atoms. The number of urea groups is 1. The predicted octanol–water partition coefficient (Wildman–Crippen LogP) is 6.11. The highest BCUT2D eigenvalue weighted by Gasteiger charge is 2.48. The van der Waals surface area contributed by atoms with E-state index < -0.39 is 35.8 Å². The lowest BCUT2D eigenvalue weighted by molar-refractivity contribution is -0.157. The lowest BCUT2D eigenvalue weighted by atomic mass is 9.87. The third-order valence-corrected chi connectivity index (χ3v) is 8.04. The third kappa shape index (κ3) is 7.16. The Morgan fingerprint density at radius 3 is 1.73 bits per heavy atom. The van der Waals surface area contributed by atoms with Gasteiger partial charge in [-0.15, -0.1) is 0 Å². The molecule has 0 bridgehead atoms. The summed E-state index contributed by atoms with van der Waals surface area (Å²) < 4.78 is 34.2. The molecule has 3 atom stereocenters. The van der Waals surface area contributed by atoms with Gasteiger partial charge in [0.2, 0.25) is 0 Å². The second-order valence-corrected chi connectivity index (χ2v) is 11.2. The number of benzene rings is 4. The van der Waals surface area contributed by atoms with Crippen LogP contribution in [0.15, 0.2) is 97.1 Å². The number of esters is 1. The first-order chi connectivity index (χ1) is 21.2. The van der Waals surface area contributed by atoms with Gasteiger partial charge in [0.1, 0.15) is 17.7 Å². The van der Waals surface area contributed by atoms with Crippen molar-refractivity contribution in [3.05, 3.63) is 131 Å². The zero-order chi connectivity index (χ0) is 31.2. The molecule has 9 heteroatoms. The Hall–Kier alpha value is -4.92. The van der Waals surface area contributed by atoms with E-state index in [9.17, 15) is 18.4 Å². The number of hydrogen-bond acceptors (Lipinski definition) is 5. The molecule has 1 aliphatic rings. The normalized spacial score (nSPS) is 18.3. The van der Waals surface area contributed by atoms with Crippen molar-refractivity contribution < 1.29 is 23.1 Å². The Bertz CT molecular complexity index is 1600. The predicted molar refractivity (Wildman–Crippen MR) is 166 cm³/mol.